The van der Waals surface area contributed by atoms with Gasteiger partial charge in [-0.3, -0.25) is 10.1 Å². The lowest BCUT2D eigenvalue weighted by Crippen LogP contribution is -2.09. The molecule has 118 valence electrons. The summed E-state index contributed by atoms with van der Waals surface area (Å²) in [5.41, 5.74) is 1.04. The first kappa shape index (κ1) is 15.6. The first-order valence-electron chi connectivity index (χ1n) is 6.66. The molecular formula is C15H12FN3O2S2. The van der Waals surface area contributed by atoms with Crippen LogP contribution in [0.4, 0.5) is 9.52 Å². The molecule has 2 aromatic heterocycles. The van der Waals surface area contributed by atoms with Crippen molar-refractivity contribution in [3.63, 3.8) is 0 Å². The van der Waals surface area contributed by atoms with E-state index in [-0.39, 0.29) is 5.91 Å². The maximum absolute atomic E-state index is 12.9. The minimum Gasteiger partial charge on any atom is -0.497 e. The molecule has 0 aliphatic carbocycles. The van der Waals surface area contributed by atoms with Gasteiger partial charge in [0, 0.05) is 6.42 Å². The van der Waals surface area contributed by atoms with Crippen molar-refractivity contribution in [1.29, 1.82) is 0 Å². The van der Waals surface area contributed by atoms with Crippen molar-refractivity contribution < 1.29 is 13.9 Å². The van der Waals surface area contributed by atoms with Crippen molar-refractivity contribution in [3.8, 4) is 5.75 Å². The van der Waals surface area contributed by atoms with Gasteiger partial charge in [-0.25, -0.2) is 0 Å². The third kappa shape index (κ3) is 3.91. The zero-order valence-corrected chi connectivity index (χ0v) is 13.7. The van der Waals surface area contributed by atoms with E-state index in [4.69, 9.17) is 4.74 Å². The molecular weight excluding hydrogens is 337 g/mol. The molecule has 3 rings (SSSR count). The topological polar surface area (TPSA) is 64.1 Å². The second-order valence-electron chi connectivity index (χ2n) is 4.59. The number of hydrogen-bond acceptors (Lipinski definition) is 6. The van der Waals surface area contributed by atoms with E-state index in [1.807, 2.05) is 24.3 Å². The highest BCUT2D eigenvalue weighted by molar-refractivity contribution is 7.15. The Bertz CT molecular complexity index is 832. The van der Waals surface area contributed by atoms with E-state index >= 15 is 0 Å². The molecule has 0 unspecified atom stereocenters. The summed E-state index contributed by atoms with van der Waals surface area (Å²) in [6, 6.07) is 10.4. The quantitative estimate of drug-likeness (QED) is 0.764. The third-order valence-electron chi connectivity index (χ3n) is 2.97. The minimum absolute atomic E-state index is 0.298. The summed E-state index contributed by atoms with van der Waals surface area (Å²) in [6.07, 6.45) is 0.596. The Kier molecular flexibility index (Phi) is 4.63. The molecule has 23 heavy (non-hydrogen) atoms. The van der Waals surface area contributed by atoms with E-state index in [0.717, 1.165) is 27.7 Å². The lowest BCUT2D eigenvalue weighted by atomic mass is 10.1. The number of hydrogen-bond donors (Lipinski definition) is 1. The van der Waals surface area contributed by atoms with Gasteiger partial charge in [0.15, 0.2) is 5.13 Å². The smallest absolute Gasteiger partial charge is 0.267 e. The van der Waals surface area contributed by atoms with Gasteiger partial charge in [-0.15, -0.1) is 21.5 Å². The molecule has 0 fully saturated rings. The van der Waals surface area contributed by atoms with E-state index in [9.17, 15) is 9.18 Å². The highest BCUT2D eigenvalue weighted by Crippen LogP contribution is 2.22. The molecule has 0 saturated carbocycles. The fourth-order valence-electron chi connectivity index (χ4n) is 1.93. The summed E-state index contributed by atoms with van der Waals surface area (Å²) in [6.45, 7) is 0. The van der Waals surface area contributed by atoms with Gasteiger partial charge >= 0.3 is 0 Å². The van der Waals surface area contributed by atoms with Crippen LogP contribution in [0, 0.1) is 5.13 Å². The highest BCUT2D eigenvalue weighted by atomic mass is 32.1. The molecule has 0 atom stereocenters. The number of benzene rings is 1. The number of carbonyl (C=O) groups excluding carboxylic acids is 1. The SMILES string of the molecule is COc1cccc(Cc2nnc(NC(=O)c3ccc(F)s3)s2)c1. The van der Waals surface area contributed by atoms with Crippen molar-refractivity contribution in [2.24, 2.45) is 0 Å². The van der Waals surface area contributed by atoms with E-state index < -0.39 is 5.13 Å². The first-order valence-corrected chi connectivity index (χ1v) is 8.29. The maximum atomic E-state index is 12.9. The van der Waals surface area contributed by atoms with Crippen LogP contribution in [-0.2, 0) is 6.42 Å². The Labute approximate surface area is 139 Å². The third-order valence-corrected chi connectivity index (χ3v) is 4.68. The molecule has 5 nitrogen and oxygen atoms in total. The van der Waals surface area contributed by atoms with Gasteiger partial charge in [0.05, 0.1) is 12.0 Å². The fourth-order valence-corrected chi connectivity index (χ4v) is 3.32. The largest absolute Gasteiger partial charge is 0.497 e. The van der Waals surface area contributed by atoms with Crippen molar-refractivity contribution in [1.82, 2.24) is 10.2 Å². The molecule has 0 aliphatic rings. The molecule has 0 spiro atoms. The Balaban J connectivity index is 1.67. The number of rotatable bonds is 5. The number of aromatic nitrogens is 2. The van der Waals surface area contributed by atoms with Crippen LogP contribution >= 0.6 is 22.7 Å². The number of anilines is 1. The van der Waals surface area contributed by atoms with Crippen LogP contribution < -0.4 is 10.1 Å². The summed E-state index contributed by atoms with van der Waals surface area (Å²) in [5.74, 6) is 0.392. The van der Waals surface area contributed by atoms with Gasteiger partial charge in [-0.2, -0.15) is 4.39 Å². The maximum Gasteiger partial charge on any atom is 0.267 e. The monoisotopic (exact) mass is 349 g/mol. The molecule has 1 amide bonds. The number of carbonyl (C=O) groups is 1. The van der Waals surface area contributed by atoms with Crippen molar-refractivity contribution in [2.75, 3.05) is 12.4 Å². The summed E-state index contributed by atoms with van der Waals surface area (Å²) in [4.78, 5) is 12.2. The van der Waals surface area contributed by atoms with E-state index in [1.165, 1.54) is 23.5 Å². The van der Waals surface area contributed by atoms with Crippen LogP contribution in [0.1, 0.15) is 20.2 Å². The number of halogens is 1. The molecule has 1 aromatic carbocycles. The summed E-state index contributed by atoms with van der Waals surface area (Å²) < 4.78 is 18.1. The van der Waals surface area contributed by atoms with Crippen LogP contribution in [0.3, 0.4) is 0 Å². The zero-order valence-electron chi connectivity index (χ0n) is 12.1. The lowest BCUT2D eigenvalue weighted by Gasteiger charge is -2.01. The normalized spacial score (nSPS) is 10.5. The lowest BCUT2D eigenvalue weighted by molar-refractivity contribution is 0.103. The van der Waals surface area contributed by atoms with Gasteiger partial charge in [-0.1, -0.05) is 23.5 Å². The Hall–Kier alpha value is -2.32. The number of amides is 1. The standard InChI is InChI=1S/C15H12FN3O2S2/c1-21-10-4-2-3-9(7-10)8-13-18-19-15(23-13)17-14(20)11-5-6-12(16)22-11/h2-7H,8H2,1H3,(H,17,19,20). The molecule has 0 bridgehead atoms. The second kappa shape index (κ2) is 6.84. The molecule has 0 saturated heterocycles. The predicted octanol–water partition coefficient (Wildman–Crippen LogP) is 3.59. The summed E-state index contributed by atoms with van der Waals surface area (Å²) >= 11 is 2.08. The Morgan fingerprint density at radius 1 is 1.26 bits per heavy atom. The van der Waals surface area contributed by atoms with Gasteiger partial charge in [0.25, 0.3) is 5.91 Å². The first-order chi connectivity index (χ1) is 11.1. The van der Waals surface area contributed by atoms with Gasteiger partial charge in [-0.05, 0) is 29.8 Å². The predicted molar refractivity (Wildman–Crippen MR) is 87.9 cm³/mol. The highest BCUT2D eigenvalue weighted by Gasteiger charge is 2.13. The Morgan fingerprint density at radius 3 is 2.87 bits per heavy atom. The molecule has 0 aliphatic heterocycles. The number of nitrogens with one attached hydrogen (secondary N) is 1. The molecule has 3 aromatic rings. The molecule has 0 radical (unpaired) electrons. The minimum atomic E-state index is -0.397. The van der Waals surface area contributed by atoms with Crippen LogP contribution in [-0.4, -0.2) is 23.2 Å². The van der Waals surface area contributed by atoms with E-state index in [2.05, 4.69) is 15.5 Å². The van der Waals surface area contributed by atoms with Crippen molar-refractivity contribution in [2.45, 2.75) is 6.42 Å². The number of methoxy groups -OCH3 is 1. The number of ether oxygens (including phenoxy) is 1. The molecule has 8 heteroatoms. The van der Waals surface area contributed by atoms with Crippen molar-refractivity contribution >= 4 is 33.7 Å². The second-order valence-corrected chi connectivity index (χ2v) is 6.68. The van der Waals surface area contributed by atoms with Crippen LogP contribution in [0.2, 0.25) is 0 Å². The van der Waals surface area contributed by atoms with Crippen molar-refractivity contribution in [3.05, 3.63) is 57.0 Å². The molecule has 1 N–H and O–H groups in total. The fraction of sp³-hybridized carbons (Fsp3) is 0.133. The van der Waals surface area contributed by atoms with Crippen LogP contribution in [0.5, 0.6) is 5.75 Å². The van der Waals surface area contributed by atoms with E-state index in [1.54, 1.807) is 7.11 Å². The van der Waals surface area contributed by atoms with Crippen LogP contribution in [0.15, 0.2) is 36.4 Å². The molecule has 2 heterocycles. The number of thiophene rings is 1. The average molecular weight is 349 g/mol. The van der Waals surface area contributed by atoms with E-state index in [0.29, 0.717) is 16.4 Å². The summed E-state index contributed by atoms with van der Waals surface area (Å²) in [7, 11) is 1.62. The average Bonchev–Trinajstić information content (AvgIpc) is 3.16. The van der Waals surface area contributed by atoms with Gasteiger partial charge in [0.1, 0.15) is 10.8 Å². The zero-order chi connectivity index (χ0) is 16.2. The van der Waals surface area contributed by atoms with Crippen LogP contribution in [0.25, 0.3) is 0 Å². The van der Waals surface area contributed by atoms with Gasteiger partial charge < -0.3 is 4.74 Å². The number of nitrogens with zero attached hydrogens (tertiary/aromatic N) is 2. The van der Waals surface area contributed by atoms with Gasteiger partial charge in [0.2, 0.25) is 5.13 Å². The summed E-state index contributed by atoms with van der Waals surface area (Å²) in [5, 5.41) is 11.4. The Morgan fingerprint density at radius 2 is 2.13 bits per heavy atom.